The van der Waals surface area contributed by atoms with Gasteiger partial charge in [-0.3, -0.25) is 4.79 Å². The van der Waals surface area contributed by atoms with Crippen molar-refractivity contribution in [2.75, 3.05) is 5.75 Å². The summed E-state index contributed by atoms with van der Waals surface area (Å²) in [5.41, 5.74) is -0.648. The number of rotatable bonds is 6. The molecular formula is C10H21NO4S. The lowest BCUT2D eigenvalue weighted by Gasteiger charge is -2.27. The molecule has 0 rings (SSSR count). The van der Waals surface area contributed by atoms with Crippen molar-refractivity contribution in [1.82, 2.24) is 4.72 Å². The van der Waals surface area contributed by atoms with E-state index >= 15 is 0 Å². The SMILES string of the molecule is CCCCS(=O)(=O)N[C@@H](C(=O)O)C(C)(C)C. The molecule has 0 saturated carbocycles. The molecule has 0 aliphatic rings. The summed E-state index contributed by atoms with van der Waals surface area (Å²) in [7, 11) is -3.50. The summed E-state index contributed by atoms with van der Waals surface area (Å²) in [6.07, 6.45) is 1.29. The van der Waals surface area contributed by atoms with Crippen molar-refractivity contribution in [2.45, 2.75) is 46.6 Å². The summed E-state index contributed by atoms with van der Waals surface area (Å²) in [5.74, 6) is -1.17. The summed E-state index contributed by atoms with van der Waals surface area (Å²) >= 11 is 0. The van der Waals surface area contributed by atoms with E-state index in [-0.39, 0.29) is 5.75 Å². The quantitative estimate of drug-likeness (QED) is 0.743. The predicted octanol–water partition coefficient (Wildman–Crippen LogP) is 1.21. The summed E-state index contributed by atoms with van der Waals surface area (Å²) < 4.78 is 25.4. The number of aliphatic carboxylic acids is 1. The first-order valence-electron chi connectivity index (χ1n) is 5.33. The molecule has 0 saturated heterocycles. The number of sulfonamides is 1. The van der Waals surface area contributed by atoms with Gasteiger partial charge in [0.25, 0.3) is 0 Å². The Bertz CT molecular complexity index is 329. The van der Waals surface area contributed by atoms with Crippen LogP contribution in [0.3, 0.4) is 0 Å². The van der Waals surface area contributed by atoms with Gasteiger partial charge in [0.05, 0.1) is 5.75 Å². The highest BCUT2D eigenvalue weighted by Gasteiger charge is 2.34. The van der Waals surface area contributed by atoms with Gasteiger partial charge in [0.2, 0.25) is 10.0 Å². The highest BCUT2D eigenvalue weighted by atomic mass is 32.2. The fourth-order valence-corrected chi connectivity index (χ4v) is 2.77. The Balaban J connectivity index is 4.71. The Morgan fingerprint density at radius 2 is 1.88 bits per heavy atom. The van der Waals surface area contributed by atoms with Crippen molar-refractivity contribution in [1.29, 1.82) is 0 Å². The molecule has 0 heterocycles. The van der Waals surface area contributed by atoms with Crippen LogP contribution in [-0.2, 0) is 14.8 Å². The molecule has 0 fully saturated rings. The van der Waals surface area contributed by atoms with E-state index in [1.165, 1.54) is 0 Å². The Labute approximate surface area is 97.3 Å². The molecule has 0 radical (unpaired) electrons. The standard InChI is InChI=1S/C10H21NO4S/c1-5-6-7-16(14,15)11-8(9(12)13)10(2,3)4/h8,11H,5-7H2,1-4H3,(H,12,13)/t8-/m0/s1. The maximum Gasteiger partial charge on any atom is 0.322 e. The topological polar surface area (TPSA) is 83.5 Å². The van der Waals surface area contributed by atoms with Crippen molar-refractivity contribution in [3.8, 4) is 0 Å². The van der Waals surface area contributed by atoms with E-state index in [1.807, 2.05) is 6.92 Å². The molecule has 0 aromatic carbocycles. The molecule has 96 valence electrons. The van der Waals surface area contributed by atoms with Gasteiger partial charge in [0.15, 0.2) is 0 Å². The number of carboxylic acids is 1. The normalized spacial score (nSPS) is 14.8. The lowest BCUT2D eigenvalue weighted by molar-refractivity contribution is -0.141. The number of carboxylic acid groups (broad SMARTS) is 1. The van der Waals surface area contributed by atoms with Gasteiger partial charge in [-0.2, -0.15) is 0 Å². The third-order valence-electron chi connectivity index (χ3n) is 2.18. The molecule has 2 N–H and O–H groups in total. The van der Waals surface area contributed by atoms with E-state index in [9.17, 15) is 13.2 Å². The zero-order valence-electron chi connectivity index (χ0n) is 10.3. The van der Waals surface area contributed by atoms with Gasteiger partial charge >= 0.3 is 5.97 Å². The third-order valence-corrected chi connectivity index (χ3v) is 3.60. The number of hydrogen-bond donors (Lipinski definition) is 2. The zero-order chi connectivity index (χ0) is 13.0. The van der Waals surface area contributed by atoms with Crippen LogP contribution in [0, 0.1) is 5.41 Å². The molecule has 0 aromatic rings. The first-order valence-corrected chi connectivity index (χ1v) is 6.98. The number of hydrogen-bond acceptors (Lipinski definition) is 3. The average molecular weight is 251 g/mol. The molecule has 16 heavy (non-hydrogen) atoms. The van der Waals surface area contributed by atoms with Crippen LogP contribution in [0.15, 0.2) is 0 Å². The Morgan fingerprint density at radius 1 is 1.38 bits per heavy atom. The van der Waals surface area contributed by atoms with Gasteiger partial charge in [-0.05, 0) is 11.8 Å². The van der Waals surface area contributed by atoms with Crippen LogP contribution in [-0.4, -0.2) is 31.3 Å². The smallest absolute Gasteiger partial charge is 0.322 e. The monoisotopic (exact) mass is 251 g/mol. The maximum atomic E-state index is 11.6. The number of unbranched alkanes of at least 4 members (excludes halogenated alkanes) is 1. The second-order valence-corrected chi connectivity index (χ2v) is 6.80. The minimum Gasteiger partial charge on any atom is -0.480 e. The van der Waals surface area contributed by atoms with E-state index in [2.05, 4.69) is 4.72 Å². The van der Waals surface area contributed by atoms with Crippen molar-refractivity contribution in [3.05, 3.63) is 0 Å². The summed E-state index contributed by atoms with van der Waals surface area (Å²) in [6, 6.07) is -1.09. The van der Waals surface area contributed by atoms with Crippen LogP contribution in [0.2, 0.25) is 0 Å². The van der Waals surface area contributed by atoms with Crippen LogP contribution < -0.4 is 4.72 Å². The average Bonchev–Trinajstić information content (AvgIpc) is 2.09. The van der Waals surface area contributed by atoms with Gasteiger partial charge in [0.1, 0.15) is 6.04 Å². The van der Waals surface area contributed by atoms with Gasteiger partial charge in [-0.25, -0.2) is 13.1 Å². The highest BCUT2D eigenvalue weighted by molar-refractivity contribution is 7.89. The molecular weight excluding hydrogens is 230 g/mol. The predicted molar refractivity (Wildman–Crippen MR) is 62.7 cm³/mol. The number of carbonyl (C=O) groups is 1. The summed E-state index contributed by atoms with van der Waals surface area (Å²) in [6.45, 7) is 6.95. The van der Waals surface area contributed by atoms with Crippen LogP contribution >= 0.6 is 0 Å². The molecule has 5 nitrogen and oxygen atoms in total. The van der Waals surface area contributed by atoms with Crippen LogP contribution in [0.4, 0.5) is 0 Å². The first-order chi connectivity index (χ1) is 7.10. The fraction of sp³-hybridized carbons (Fsp3) is 0.900. The van der Waals surface area contributed by atoms with E-state index in [0.717, 1.165) is 6.42 Å². The first kappa shape index (κ1) is 15.4. The number of nitrogens with one attached hydrogen (secondary N) is 1. The fourth-order valence-electron chi connectivity index (χ4n) is 1.17. The van der Waals surface area contributed by atoms with Crippen molar-refractivity contribution >= 4 is 16.0 Å². The lowest BCUT2D eigenvalue weighted by atomic mass is 9.88. The van der Waals surface area contributed by atoms with Gasteiger partial charge < -0.3 is 5.11 Å². The molecule has 0 bridgehead atoms. The second-order valence-electron chi connectivity index (χ2n) is 4.93. The van der Waals surface area contributed by atoms with Gasteiger partial charge in [-0.15, -0.1) is 0 Å². The Hall–Kier alpha value is -0.620. The molecule has 0 amide bonds. The Morgan fingerprint density at radius 3 is 2.19 bits per heavy atom. The molecule has 6 heteroatoms. The second kappa shape index (κ2) is 5.63. The van der Waals surface area contributed by atoms with Gasteiger partial charge in [0, 0.05) is 0 Å². The van der Waals surface area contributed by atoms with E-state index in [4.69, 9.17) is 5.11 Å². The van der Waals surface area contributed by atoms with Crippen LogP contribution in [0.5, 0.6) is 0 Å². The van der Waals surface area contributed by atoms with E-state index in [1.54, 1.807) is 20.8 Å². The summed E-state index contributed by atoms with van der Waals surface area (Å²) in [4.78, 5) is 11.0. The maximum absolute atomic E-state index is 11.6. The largest absolute Gasteiger partial charge is 0.480 e. The van der Waals surface area contributed by atoms with E-state index in [0.29, 0.717) is 6.42 Å². The molecule has 0 spiro atoms. The minimum atomic E-state index is -3.50. The highest BCUT2D eigenvalue weighted by Crippen LogP contribution is 2.20. The molecule has 0 aliphatic carbocycles. The molecule has 0 unspecified atom stereocenters. The molecule has 1 atom stereocenters. The zero-order valence-corrected chi connectivity index (χ0v) is 11.1. The minimum absolute atomic E-state index is 0.0244. The van der Waals surface area contributed by atoms with Crippen LogP contribution in [0.25, 0.3) is 0 Å². The molecule has 0 aliphatic heterocycles. The van der Waals surface area contributed by atoms with Gasteiger partial charge in [-0.1, -0.05) is 34.1 Å². The Kier molecular flexibility index (Phi) is 5.41. The van der Waals surface area contributed by atoms with Crippen molar-refractivity contribution in [2.24, 2.45) is 5.41 Å². The summed E-state index contributed by atoms with van der Waals surface area (Å²) in [5, 5.41) is 8.97. The molecule has 0 aromatic heterocycles. The lowest BCUT2D eigenvalue weighted by Crippen LogP contribution is -2.49. The van der Waals surface area contributed by atoms with Crippen LogP contribution in [0.1, 0.15) is 40.5 Å². The van der Waals surface area contributed by atoms with E-state index < -0.39 is 27.4 Å². The third kappa shape index (κ3) is 5.46. The van der Waals surface area contributed by atoms with Crippen molar-refractivity contribution < 1.29 is 18.3 Å². The van der Waals surface area contributed by atoms with Crippen molar-refractivity contribution in [3.63, 3.8) is 0 Å².